The van der Waals surface area contributed by atoms with E-state index in [1.165, 1.54) is 4.90 Å². The van der Waals surface area contributed by atoms with Gasteiger partial charge in [-0.2, -0.15) is 0 Å². The van der Waals surface area contributed by atoms with Crippen LogP contribution in [0.15, 0.2) is 23.1 Å². The van der Waals surface area contributed by atoms with E-state index in [9.17, 15) is 9.59 Å². The summed E-state index contributed by atoms with van der Waals surface area (Å²) in [5, 5.41) is -0.186. The number of hydrogen-bond acceptors (Lipinski definition) is 4. The Labute approximate surface area is 142 Å². The SMILES string of the molecule is CCCN1C(=O)S/C(=C/c2ccc(OCC)c(I)c2)C1=O. The molecule has 0 spiro atoms. The maximum atomic E-state index is 12.2. The molecule has 0 N–H and O–H groups in total. The molecule has 0 bridgehead atoms. The highest BCUT2D eigenvalue weighted by Gasteiger charge is 2.34. The van der Waals surface area contributed by atoms with Gasteiger partial charge in [0.25, 0.3) is 11.1 Å². The Morgan fingerprint density at radius 3 is 2.71 bits per heavy atom. The second-order valence-corrected chi connectivity index (χ2v) is 6.61. The number of ether oxygens (including phenoxy) is 1. The molecule has 1 aromatic rings. The Morgan fingerprint density at radius 2 is 2.10 bits per heavy atom. The predicted molar refractivity (Wildman–Crippen MR) is 93.3 cm³/mol. The van der Waals surface area contributed by atoms with Gasteiger partial charge in [0.15, 0.2) is 0 Å². The largest absolute Gasteiger partial charge is 0.493 e. The number of amides is 2. The molecule has 1 saturated heterocycles. The number of imide groups is 1. The minimum atomic E-state index is -0.198. The van der Waals surface area contributed by atoms with E-state index in [4.69, 9.17) is 4.74 Å². The smallest absolute Gasteiger partial charge is 0.293 e. The molecule has 0 atom stereocenters. The third-order valence-electron chi connectivity index (χ3n) is 2.87. The molecule has 2 rings (SSSR count). The highest BCUT2D eigenvalue weighted by molar-refractivity contribution is 14.1. The van der Waals surface area contributed by atoms with Gasteiger partial charge in [0.2, 0.25) is 0 Å². The molecule has 1 aliphatic rings. The second kappa shape index (κ2) is 7.31. The van der Waals surface area contributed by atoms with Crippen molar-refractivity contribution in [1.29, 1.82) is 0 Å². The maximum absolute atomic E-state index is 12.2. The number of halogens is 1. The quantitative estimate of drug-likeness (QED) is 0.534. The number of benzene rings is 1. The summed E-state index contributed by atoms with van der Waals surface area (Å²) < 4.78 is 6.47. The number of carbonyl (C=O) groups is 2. The lowest BCUT2D eigenvalue weighted by Gasteiger charge is -2.09. The van der Waals surface area contributed by atoms with Gasteiger partial charge in [0, 0.05) is 6.54 Å². The Bertz CT molecular complexity index is 601. The van der Waals surface area contributed by atoms with Crippen LogP contribution < -0.4 is 4.74 Å². The minimum Gasteiger partial charge on any atom is -0.493 e. The van der Waals surface area contributed by atoms with E-state index in [1.807, 2.05) is 32.0 Å². The molecule has 0 saturated carbocycles. The van der Waals surface area contributed by atoms with E-state index in [0.717, 1.165) is 33.1 Å². The van der Waals surface area contributed by atoms with Crippen molar-refractivity contribution in [3.05, 3.63) is 32.2 Å². The van der Waals surface area contributed by atoms with Gasteiger partial charge in [-0.3, -0.25) is 14.5 Å². The average Bonchev–Trinajstić information content (AvgIpc) is 2.70. The van der Waals surface area contributed by atoms with Crippen LogP contribution in [0.25, 0.3) is 6.08 Å². The van der Waals surface area contributed by atoms with E-state index < -0.39 is 0 Å². The number of hydrogen-bond donors (Lipinski definition) is 0. The van der Waals surface area contributed by atoms with Crippen LogP contribution in [0.5, 0.6) is 5.75 Å². The fourth-order valence-electron chi connectivity index (χ4n) is 1.95. The first kappa shape index (κ1) is 16.4. The summed E-state index contributed by atoms with van der Waals surface area (Å²) in [6.45, 7) is 4.98. The van der Waals surface area contributed by atoms with E-state index in [1.54, 1.807) is 6.08 Å². The lowest BCUT2D eigenvalue weighted by Crippen LogP contribution is -2.28. The molecule has 4 nitrogen and oxygen atoms in total. The van der Waals surface area contributed by atoms with Crippen molar-refractivity contribution in [2.75, 3.05) is 13.2 Å². The highest BCUT2D eigenvalue weighted by Crippen LogP contribution is 2.33. The zero-order valence-corrected chi connectivity index (χ0v) is 14.9. The first-order valence-electron chi connectivity index (χ1n) is 6.74. The Kier molecular flexibility index (Phi) is 5.69. The molecule has 1 heterocycles. The van der Waals surface area contributed by atoms with Gasteiger partial charge in [-0.15, -0.1) is 0 Å². The van der Waals surface area contributed by atoms with Crippen LogP contribution in [0.2, 0.25) is 0 Å². The van der Waals surface area contributed by atoms with Crippen molar-refractivity contribution in [3.8, 4) is 5.75 Å². The summed E-state index contributed by atoms with van der Waals surface area (Å²) in [6.07, 6.45) is 2.53. The first-order valence-corrected chi connectivity index (χ1v) is 8.64. The van der Waals surface area contributed by atoms with Crippen LogP contribution in [0, 0.1) is 3.57 Å². The summed E-state index contributed by atoms with van der Waals surface area (Å²) >= 11 is 3.20. The van der Waals surface area contributed by atoms with Gasteiger partial charge in [-0.25, -0.2) is 0 Å². The van der Waals surface area contributed by atoms with Gasteiger partial charge in [0.1, 0.15) is 5.75 Å². The van der Waals surface area contributed by atoms with Crippen molar-refractivity contribution < 1.29 is 14.3 Å². The molecular weight excluding hydrogens is 401 g/mol. The fraction of sp³-hybridized carbons (Fsp3) is 0.333. The molecule has 0 aliphatic carbocycles. The molecule has 1 fully saturated rings. The summed E-state index contributed by atoms with van der Waals surface area (Å²) in [5.74, 6) is 0.630. The molecule has 2 amide bonds. The molecule has 1 aliphatic heterocycles. The molecule has 21 heavy (non-hydrogen) atoms. The fourth-order valence-corrected chi connectivity index (χ4v) is 3.51. The highest BCUT2D eigenvalue weighted by atomic mass is 127. The number of carbonyl (C=O) groups excluding carboxylic acids is 2. The third kappa shape index (κ3) is 3.79. The Morgan fingerprint density at radius 1 is 1.33 bits per heavy atom. The second-order valence-electron chi connectivity index (χ2n) is 4.46. The van der Waals surface area contributed by atoms with Gasteiger partial charge in [-0.1, -0.05) is 13.0 Å². The zero-order valence-electron chi connectivity index (χ0n) is 11.9. The van der Waals surface area contributed by atoms with Gasteiger partial charge < -0.3 is 4.74 Å². The van der Waals surface area contributed by atoms with Crippen molar-refractivity contribution in [1.82, 2.24) is 4.90 Å². The van der Waals surface area contributed by atoms with E-state index in [-0.39, 0.29) is 11.1 Å². The van der Waals surface area contributed by atoms with Crippen molar-refractivity contribution in [2.45, 2.75) is 20.3 Å². The Balaban J connectivity index is 2.22. The molecule has 6 heteroatoms. The number of rotatable bonds is 5. The molecule has 0 aromatic heterocycles. The van der Waals surface area contributed by atoms with E-state index in [0.29, 0.717) is 18.1 Å². The van der Waals surface area contributed by atoms with Crippen LogP contribution in [-0.2, 0) is 4.79 Å². The lowest BCUT2D eigenvalue weighted by atomic mass is 10.2. The lowest BCUT2D eigenvalue weighted by molar-refractivity contribution is -0.122. The van der Waals surface area contributed by atoms with Crippen LogP contribution in [0.4, 0.5) is 4.79 Å². The number of nitrogens with zero attached hydrogens (tertiary/aromatic N) is 1. The number of thioether (sulfide) groups is 1. The van der Waals surface area contributed by atoms with Crippen molar-refractivity contribution in [3.63, 3.8) is 0 Å². The van der Waals surface area contributed by atoms with Crippen molar-refractivity contribution >= 4 is 51.6 Å². The van der Waals surface area contributed by atoms with Crippen LogP contribution in [0.3, 0.4) is 0 Å². The minimum absolute atomic E-state index is 0.186. The van der Waals surface area contributed by atoms with E-state index in [2.05, 4.69) is 22.6 Å². The van der Waals surface area contributed by atoms with Crippen molar-refractivity contribution in [2.24, 2.45) is 0 Å². The molecule has 0 radical (unpaired) electrons. The standard InChI is InChI=1S/C15H16INO3S/c1-3-7-17-14(18)13(21-15(17)19)9-10-5-6-12(20-4-2)11(16)8-10/h5-6,8-9H,3-4,7H2,1-2H3/b13-9+. The molecule has 0 unspecified atom stereocenters. The summed E-state index contributed by atoms with van der Waals surface area (Å²) in [7, 11) is 0. The Hall–Kier alpha value is -1.02. The van der Waals surface area contributed by atoms with Crippen LogP contribution in [-0.4, -0.2) is 29.2 Å². The molecule has 112 valence electrons. The van der Waals surface area contributed by atoms with Gasteiger partial charge in [-0.05, 0) is 71.5 Å². The van der Waals surface area contributed by atoms with E-state index >= 15 is 0 Å². The normalized spacial score (nSPS) is 16.9. The maximum Gasteiger partial charge on any atom is 0.293 e. The van der Waals surface area contributed by atoms with Crippen LogP contribution >= 0.6 is 34.4 Å². The summed E-state index contributed by atoms with van der Waals surface area (Å²) in [5.41, 5.74) is 0.893. The third-order valence-corrected chi connectivity index (χ3v) is 4.62. The first-order chi connectivity index (χ1) is 10.1. The summed E-state index contributed by atoms with van der Waals surface area (Å²) in [6, 6.07) is 5.72. The molecular formula is C15H16INO3S. The predicted octanol–water partition coefficient (Wildman–Crippen LogP) is 4.14. The van der Waals surface area contributed by atoms with Gasteiger partial charge >= 0.3 is 0 Å². The molecule has 1 aromatic carbocycles. The monoisotopic (exact) mass is 417 g/mol. The topological polar surface area (TPSA) is 46.6 Å². The van der Waals surface area contributed by atoms with Crippen LogP contribution in [0.1, 0.15) is 25.8 Å². The van der Waals surface area contributed by atoms with Gasteiger partial charge in [0.05, 0.1) is 15.1 Å². The summed E-state index contributed by atoms with van der Waals surface area (Å²) in [4.78, 5) is 25.7. The average molecular weight is 417 g/mol. The zero-order chi connectivity index (χ0) is 15.4.